The molecular weight excluding hydrogens is 312 g/mol. The summed E-state index contributed by atoms with van der Waals surface area (Å²) in [5, 5.41) is 0. The number of rotatable bonds is 0. The second kappa shape index (κ2) is 4.86. The van der Waals surface area contributed by atoms with Crippen LogP contribution in [-0.2, 0) is 5.41 Å². The van der Waals surface area contributed by atoms with Gasteiger partial charge < -0.3 is 0 Å². The Kier molecular flexibility index (Phi) is 2.68. The molecule has 0 bridgehead atoms. The van der Waals surface area contributed by atoms with Crippen molar-refractivity contribution in [3.05, 3.63) is 118 Å². The molecule has 3 aliphatic rings. The summed E-state index contributed by atoms with van der Waals surface area (Å²) in [6, 6.07) is 25.2. The summed E-state index contributed by atoms with van der Waals surface area (Å²) in [6.45, 7) is 2.21. The van der Waals surface area contributed by atoms with Gasteiger partial charge in [0.2, 0.25) is 0 Å². The molecule has 0 heteroatoms. The molecule has 2 atom stereocenters. The molecule has 3 aromatic carbocycles. The van der Waals surface area contributed by atoms with Crippen LogP contribution >= 0.6 is 0 Å². The van der Waals surface area contributed by atoms with Crippen LogP contribution in [0, 0.1) is 6.92 Å². The van der Waals surface area contributed by atoms with E-state index in [2.05, 4.69) is 91.9 Å². The van der Waals surface area contributed by atoms with Crippen LogP contribution in [0.1, 0.15) is 40.2 Å². The molecule has 0 nitrogen and oxygen atoms in total. The van der Waals surface area contributed by atoms with Crippen molar-refractivity contribution in [2.75, 3.05) is 0 Å². The van der Waals surface area contributed by atoms with E-state index in [4.69, 9.17) is 0 Å². The maximum atomic E-state index is 2.42. The first-order valence-corrected chi connectivity index (χ1v) is 9.49. The Morgan fingerprint density at radius 1 is 0.808 bits per heavy atom. The Morgan fingerprint density at radius 2 is 1.58 bits per heavy atom. The predicted molar refractivity (Wildman–Crippen MR) is 108 cm³/mol. The lowest BCUT2D eigenvalue weighted by molar-refractivity contribution is 0.707. The molecular formula is C26H20. The zero-order valence-corrected chi connectivity index (χ0v) is 14.9. The van der Waals surface area contributed by atoms with Crippen LogP contribution < -0.4 is 0 Å². The average molecular weight is 332 g/mol. The minimum absolute atomic E-state index is 0.121. The lowest BCUT2D eigenvalue weighted by Crippen LogP contribution is -2.27. The number of hydrogen-bond donors (Lipinski definition) is 0. The number of benzene rings is 3. The lowest BCUT2D eigenvalue weighted by atomic mass is 9.68. The molecule has 0 fully saturated rings. The summed E-state index contributed by atoms with van der Waals surface area (Å²) in [6.07, 6.45) is 8.08. The molecule has 0 saturated heterocycles. The first kappa shape index (κ1) is 14.3. The van der Waals surface area contributed by atoms with Crippen molar-refractivity contribution < 1.29 is 0 Å². The zero-order chi connectivity index (χ0) is 17.3. The van der Waals surface area contributed by atoms with E-state index in [1.807, 2.05) is 0 Å². The van der Waals surface area contributed by atoms with Crippen molar-refractivity contribution in [1.29, 1.82) is 0 Å². The molecule has 0 aliphatic heterocycles. The summed E-state index contributed by atoms with van der Waals surface area (Å²) < 4.78 is 0. The highest BCUT2D eigenvalue weighted by Gasteiger charge is 2.54. The smallest absolute Gasteiger partial charge is 0.0685 e. The van der Waals surface area contributed by atoms with Crippen LogP contribution in [0.15, 0.2) is 90.5 Å². The van der Waals surface area contributed by atoms with Crippen molar-refractivity contribution in [2.45, 2.75) is 24.7 Å². The third-order valence-corrected chi connectivity index (χ3v) is 6.53. The zero-order valence-electron chi connectivity index (χ0n) is 14.9. The van der Waals surface area contributed by atoms with Crippen molar-refractivity contribution >= 4 is 0 Å². The summed E-state index contributed by atoms with van der Waals surface area (Å²) in [7, 11) is 0. The molecule has 0 radical (unpaired) electrons. The molecule has 0 amide bonds. The van der Waals surface area contributed by atoms with E-state index in [9.17, 15) is 0 Å². The highest BCUT2D eigenvalue weighted by atomic mass is 14.6. The van der Waals surface area contributed by atoms with Gasteiger partial charge in [-0.3, -0.25) is 0 Å². The van der Waals surface area contributed by atoms with Crippen LogP contribution in [0.4, 0.5) is 0 Å². The van der Waals surface area contributed by atoms with Gasteiger partial charge in [-0.25, -0.2) is 0 Å². The molecule has 124 valence electrons. The van der Waals surface area contributed by atoms with Crippen molar-refractivity contribution in [1.82, 2.24) is 0 Å². The Labute approximate surface area is 154 Å². The van der Waals surface area contributed by atoms with Crippen molar-refractivity contribution in [2.24, 2.45) is 0 Å². The van der Waals surface area contributed by atoms with E-state index < -0.39 is 0 Å². The van der Waals surface area contributed by atoms with Gasteiger partial charge in [0.05, 0.1) is 5.41 Å². The third kappa shape index (κ3) is 1.52. The summed E-state index contributed by atoms with van der Waals surface area (Å²) in [4.78, 5) is 0. The van der Waals surface area contributed by atoms with E-state index in [1.165, 1.54) is 38.9 Å². The van der Waals surface area contributed by atoms with Gasteiger partial charge in [0.1, 0.15) is 0 Å². The first-order valence-electron chi connectivity index (χ1n) is 9.49. The van der Waals surface area contributed by atoms with E-state index >= 15 is 0 Å². The molecule has 3 aliphatic carbocycles. The molecule has 0 saturated carbocycles. The van der Waals surface area contributed by atoms with Crippen LogP contribution in [0.2, 0.25) is 0 Å². The number of aryl methyl sites for hydroxylation is 1. The van der Waals surface area contributed by atoms with Gasteiger partial charge in [0.15, 0.2) is 0 Å². The van der Waals surface area contributed by atoms with Gasteiger partial charge in [-0.05, 0) is 52.3 Å². The second-order valence-corrected chi connectivity index (χ2v) is 7.77. The molecule has 2 unspecified atom stereocenters. The Balaban J connectivity index is 1.83. The van der Waals surface area contributed by atoms with Crippen LogP contribution in [0.5, 0.6) is 0 Å². The summed E-state index contributed by atoms with van der Waals surface area (Å²) in [5.74, 6) is 0.496. The van der Waals surface area contributed by atoms with E-state index in [0.29, 0.717) is 5.92 Å². The first-order chi connectivity index (χ1) is 12.8. The van der Waals surface area contributed by atoms with E-state index in [-0.39, 0.29) is 5.41 Å². The van der Waals surface area contributed by atoms with Gasteiger partial charge in [-0.2, -0.15) is 0 Å². The van der Waals surface area contributed by atoms with Gasteiger partial charge in [0.25, 0.3) is 0 Å². The summed E-state index contributed by atoms with van der Waals surface area (Å²) in [5.41, 5.74) is 11.5. The number of allylic oxidation sites excluding steroid dienone is 4. The van der Waals surface area contributed by atoms with Gasteiger partial charge >= 0.3 is 0 Å². The van der Waals surface area contributed by atoms with Crippen LogP contribution in [0.25, 0.3) is 11.1 Å². The molecule has 0 N–H and O–H groups in total. The maximum absolute atomic E-state index is 2.42. The fourth-order valence-corrected chi connectivity index (χ4v) is 5.60. The summed E-state index contributed by atoms with van der Waals surface area (Å²) >= 11 is 0. The third-order valence-electron chi connectivity index (χ3n) is 6.53. The average Bonchev–Trinajstić information content (AvgIpc) is 3.15. The van der Waals surface area contributed by atoms with Gasteiger partial charge in [-0.1, -0.05) is 90.5 Å². The highest BCUT2D eigenvalue weighted by molar-refractivity contribution is 5.88. The topological polar surface area (TPSA) is 0 Å². The fourth-order valence-electron chi connectivity index (χ4n) is 5.60. The number of fused-ring (bicyclic) bond motifs is 10. The molecule has 26 heavy (non-hydrogen) atoms. The minimum Gasteiger partial charge on any atom is -0.0836 e. The molecule has 0 heterocycles. The van der Waals surface area contributed by atoms with E-state index in [1.54, 1.807) is 5.57 Å². The van der Waals surface area contributed by atoms with Crippen molar-refractivity contribution in [3.63, 3.8) is 0 Å². The Morgan fingerprint density at radius 3 is 2.50 bits per heavy atom. The maximum Gasteiger partial charge on any atom is 0.0685 e. The minimum atomic E-state index is -0.121. The highest BCUT2D eigenvalue weighted by Crippen LogP contribution is 2.64. The molecule has 1 spiro atoms. The van der Waals surface area contributed by atoms with Crippen LogP contribution in [-0.4, -0.2) is 0 Å². The Bertz CT molecular complexity index is 1130. The SMILES string of the molecule is Cc1ccc2c(c1)C1(C3=CC=CCC3c3ccccc31)c1ccccc1-2. The second-order valence-electron chi connectivity index (χ2n) is 7.77. The van der Waals surface area contributed by atoms with E-state index in [0.717, 1.165) is 6.42 Å². The lowest BCUT2D eigenvalue weighted by Gasteiger charge is -2.33. The quantitative estimate of drug-likeness (QED) is 0.453. The fraction of sp³-hybridized carbons (Fsp3) is 0.154. The number of hydrogen-bond acceptors (Lipinski definition) is 0. The standard InChI is InChI=1S/C26H20/c1-17-14-15-21-20-10-4-7-13-24(20)26(25(21)16-17)22-11-5-2-8-18(22)19-9-3-6-12-23(19)26/h2-8,10-16,19H,9H2,1H3. The van der Waals surface area contributed by atoms with Gasteiger partial charge in [-0.15, -0.1) is 0 Å². The van der Waals surface area contributed by atoms with Crippen LogP contribution in [0.3, 0.4) is 0 Å². The molecule has 0 aromatic heterocycles. The normalized spacial score (nSPS) is 24.0. The van der Waals surface area contributed by atoms with Crippen molar-refractivity contribution in [3.8, 4) is 11.1 Å². The predicted octanol–water partition coefficient (Wildman–Crippen LogP) is 6.29. The Hall–Kier alpha value is -2.86. The molecule has 3 aromatic rings. The van der Waals surface area contributed by atoms with Gasteiger partial charge in [0, 0.05) is 5.92 Å². The largest absolute Gasteiger partial charge is 0.0836 e. The molecule has 6 rings (SSSR count). The monoisotopic (exact) mass is 332 g/mol.